The minimum absolute atomic E-state index is 0.0154. The Hall–Kier alpha value is -1.84. The Morgan fingerprint density at radius 3 is 2.84 bits per heavy atom. The number of alkyl halides is 2. The van der Waals surface area contributed by atoms with E-state index >= 15 is 0 Å². The molecular weight excluding hydrogens is 416 g/mol. The van der Waals surface area contributed by atoms with Gasteiger partial charge in [0.05, 0.1) is 12.1 Å². The molecule has 0 aliphatic carbocycles. The lowest BCUT2D eigenvalue weighted by molar-refractivity contribution is -0.0494. The van der Waals surface area contributed by atoms with E-state index < -0.39 is 6.61 Å². The minimum Gasteiger partial charge on any atom is -0.434 e. The van der Waals surface area contributed by atoms with E-state index in [9.17, 15) is 8.78 Å². The fraction of sp³-hybridized carbons (Fsp3) is 0.250. The fourth-order valence-electron chi connectivity index (χ4n) is 2.27. The number of benzene rings is 1. The molecule has 0 fully saturated rings. The monoisotopic (exact) mass is 429 g/mol. The van der Waals surface area contributed by atoms with Crippen LogP contribution in [0.25, 0.3) is 11.4 Å². The maximum atomic E-state index is 12.5. The van der Waals surface area contributed by atoms with E-state index in [0.717, 1.165) is 11.0 Å². The lowest BCUT2D eigenvalue weighted by Gasteiger charge is -2.12. The van der Waals surface area contributed by atoms with Gasteiger partial charge >= 0.3 is 6.61 Å². The van der Waals surface area contributed by atoms with Crippen LogP contribution in [-0.4, -0.2) is 28.7 Å². The largest absolute Gasteiger partial charge is 0.434 e. The zero-order valence-corrected chi connectivity index (χ0v) is 15.6. The van der Waals surface area contributed by atoms with Crippen molar-refractivity contribution < 1.29 is 18.0 Å². The van der Waals surface area contributed by atoms with Crippen molar-refractivity contribution in [1.29, 1.82) is 0 Å². The van der Waals surface area contributed by atoms with Crippen LogP contribution in [0.4, 0.5) is 8.78 Å². The van der Waals surface area contributed by atoms with E-state index in [-0.39, 0.29) is 11.6 Å². The fourth-order valence-corrected chi connectivity index (χ4v) is 3.80. The molecule has 0 unspecified atom stereocenters. The van der Waals surface area contributed by atoms with Crippen LogP contribution < -0.4 is 4.74 Å². The Balaban J connectivity index is 1.70. The standard InChI is InChI=1S/C16H14BrF2N3O2S/c1-22(7-11-6-10(17)9-25-11)8-14-20-15(21-24-14)12-4-2-3-5-13(12)23-16(18)19/h2-6,9,16H,7-8H2,1H3. The molecule has 2 heterocycles. The number of hydrogen-bond acceptors (Lipinski definition) is 6. The zero-order chi connectivity index (χ0) is 17.8. The average Bonchev–Trinajstić information content (AvgIpc) is 3.16. The molecule has 0 atom stereocenters. The molecule has 0 spiro atoms. The van der Waals surface area contributed by atoms with Crippen LogP contribution in [-0.2, 0) is 13.1 Å². The molecule has 2 aromatic heterocycles. The van der Waals surface area contributed by atoms with Gasteiger partial charge in [-0.3, -0.25) is 4.90 Å². The van der Waals surface area contributed by atoms with Crippen molar-refractivity contribution in [2.45, 2.75) is 19.7 Å². The summed E-state index contributed by atoms with van der Waals surface area (Å²) in [6, 6.07) is 8.41. The molecule has 0 aliphatic heterocycles. The lowest BCUT2D eigenvalue weighted by atomic mass is 10.2. The van der Waals surface area contributed by atoms with Crippen LogP contribution in [0.15, 0.2) is 44.7 Å². The summed E-state index contributed by atoms with van der Waals surface area (Å²) < 4.78 is 35.8. The maximum Gasteiger partial charge on any atom is 0.387 e. The summed E-state index contributed by atoms with van der Waals surface area (Å²) in [5.41, 5.74) is 0.364. The highest BCUT2D eigenvalue weighted by Gasteiger charge is 2.16. The van der Waals surface area contributed by atoms with Crippen molar-refractivity contribution in [3.63, 3.8) is 0 Å². The summed E-state index contributed by atoms with van der Waals surface area (Å²) in [4.78, 5) is 7.51. The highest BCUT2D eigenvalue weighted by atomic mass is 79.9. The number of rotatable bonds is 7. The summed E-state index contributed by atoms with van der Waals surface area (Å²) in [6.45, 7) is -1.73. The molecule has 3 rings (SSSR count). The molecule has 3 aromatic rings. The SMILES string of the molecule is CN(Cc1nc(-c2ccccc2OC(F)F)no1)Cc1cc(Br)cs1. The van der Waals surface area contributed by atoms with Crippen LogP contribution in [0.3, 0.4) is 0 Å². The number of ether oxygens (including phenoxy) is 1. The van der Waals surface area contributed by atoms with Gasteiger partial charge < -0.3 is 9.26 Å². The van der Waals surface area contributed by atoms with E-state index in [1.54, 1.807) is 29.5 Å². The van der Waals surface area contributed by atoms with E-state index in [1.165, 1.54) is 10.9 Å². The van der Waals surface area contributed by atoms with Gasteiger partial charge in [0.2, 0.25) is 11.7 Å². The second-order valence-corrected chi connectivity index (χ2v) is 7.20. The van der Waals surface area contributed by atoms with E-state index in [4.69, 9.17) is 4.52 Å². The first-order valence-electron chi connectivity index (χ1n) is 7.29. The Kier molecular flexibility index (Phi) is 5.77. The highest BCUT2D eigenvalue weighted by molar-refractivity contribution is 9.10. The molecule has 0 saturated heterocycles. The summed E-state index contributed by atoms with van der Waals surface area (Å²) in [7, 11) is 1.94. The lowest BCUT2D eigenvalue weighted by Crippen LogP contribution is -2.16. The summed E-state index contributed by atoms with van der Waals surface area (Å²) >= 11 is 5.08. The van der Waals surface area contributed by atoms with Gasteiger partial charge in [-0.15, -0.1) is 11.3 Å². The normalized spacial score (nSPS) is 11.4. The van der Waals surface area contributed by atoms with Crippen molar-refractivity contribution in [2.24, 2.45) is 0 Å². The predicted octanol–water partition coefficient (Wildman–Crippen LogP) is 4.79. The molecule has 0 N–H and O–H groups in total. The second-order valence-electron chi connectivity index (χ2n) is 5.29. The third-order valence-corrected chi connectivity index (χ3v) is 4.95. The predicted molar refractivity (Wildman–Crippen MR) is 93.6 cm³/mol. The Labute approximate surface area is 155 Å². The van der Waals surface area contributed by atoms with Crippen molar-refractivity contribution in [1.82, 2.24) is 15.0 Å². The van der Waals surface area contributed by atoms with Crippen LogP contribution in [0.2, 0.25) is 0 Å². The second kappa shape index (κ2) is 8.03. The van der Waals surface area contributed by atoms with Crippen molar-refractivity contribution in [3.8, 4) is 17.1 Å². The number of hydrogen-bond donors (Lipinski definition) is 0. The van der Waals surface area contributed by atoms with Crippen molar-refractivity contribution >= 4 is 27.3 Å². The first kappa shape index (κ1) is 18.0. The summed E-state index contributed by atoms with van der Waals surface area (Å²) in [5, 5.41) is 5.90. The number of nitrogens with zero attached hydrogens (tertiary/aromatic N) is 3. The van der Waals surface area contributed by atoms with Crippen molar-refractivity contribution in [3.05, 3.63) is 51.0 Å². The minimum atomic E-state index is -2.91. The molecular formula is C16H14BrF2N3O2S. The van der Waals surface area contributed by atoms with Gasteiger partial charge in [-0.25, -0.2) is 0 Å². The van der Waals surface area contributed by atoms with Crippen LogP contribution in [0.5, 0.6) is 5.75 Å². The van der Waals surface area contributed by atoms with Gasteiger partial charge in [0.1, 0.15) is 5.75 Å². The van der Waals surface area contributed by atoms with E-state index in [1.807, 2.05) is 17.3 Å². The van der Waals surface area contributed by atoms with Crippen LogP contribution in [0.1, 0.15) is 10.8 Å². The van der Waals surface area contributed by atoms with Crippen LogP contribution >= 0.6 is 27.3 Å². The van der Waals surface area contributed by atoms with Gasteiger partial charge in [-0.2, -0.15) is 13.8 Å². The molecule has 0 aliphatic rings. The van der Waals surface area contributed by atoms with E-state index in [0.29, 0.717) is 18.0 Å². The topological polar surface area (TPSA) is 51.4 Å². The van der Waals surface area contributed by atoms with Gasteiger partial charge in [0.15, 0.2) is 0 Å². The van der Waals surface area contributed by atoms with E-state index in [2.05, 4.69) is 36.9 Å². The molecule has 9 heteroatoms. The average molecular weight is 430 g/mol. The van der Waals surface area contributed by atoms with Gasteiger partial charge in [-0.1, -0.05) is 17.3 Å². The molecule has 25 heavy (non-hydrogen) atoms. The highest BCUT2D eigenvalue weighted by Crippen LogP contribution is 2.29. The first-order valence-corrected chi connectivity index (χ1v) is 8.97. The third-order valence-electron chi connectivity index (χ3n) is 3.26. The molecule has 0 radical (unpaired) electrons. The number of halogens is 3. The third kappa shape index (κ3) is 4.83. The molecule has 0 bridgehead atoms. The smallest absolute Gasteiger partial charge is 0.387 e. The van der Waals surface area contributed by atoms with Gasteiger partial charge in [-0.05, 0) is 41.2 Å². The Morgan fingerprint density at radius 2 is 2.12 bits per heavy atom. The van der Waals surface area contributed by atoms with Crippen molar-refractivity contribution in [2.75, 3.05) is 7.05 Å². The number of thiophene rings is 1. The van der Waals surface area contributed by atoms with Gasteiger partial charge in [0, 0.05) is 21.3 Å². The number of para-hydroxylation sites is 1. The van der Waals surface area contributed by atoms with Gasteiger partial charge in [0.25, 0.3) is 0 Å². The molecule has 5 nitrogen and oxygen atoms in total. The zero-order valence-electron chi connectivity index (χ0n) is 13.2. The Bertz CT molecular complexity index is 840. The quantitative estimate of drug-likeness (QED) is 0.540. The number of aromatic nitrogens is 2. The summed E-state index contributed by atoms with van der Waals surface area (Å²) in [6.07, 6.45) is 0. The summed E-state index contributed by atoms with van der Waals surface area (Å²) in [5.74, 6) is 0.639. The molecule has 132 valence electrons. The molecule has 0 saturated carbocycles. The maximum absolute atomic E-state index is 12.5. The Morgan fingerprint density at radius 1 is 1.32 bits per heavy atom. The first-order chi connectivity index (χ1) is 12.0. The van der Waals surface area contributed by atoms with Crippen LogP contribution in [0, 0.1) is 0 Å². The molecule has 1 aromatic carbocycles. The molecule has 0 amide bonds.